The molecular weight excluding hydrogens is 422 g/mol. The van der Waals surface area contributed by atoms with Crippen molar-refractivity contribution >= 4 is 52.7 Å². The van der Waals surface area contributed by atoms with Gasteiger partial charge in [0.25, 0.3) is 0 Å². The third-order valence-corrected chi connectivity index (χ3v) is 4.19. The summed E-state index contributed by atoms with van der Waals surface area (Å²) >= 11 is 17.3. The van der Waals surface area contributed by atoms with Crippen molar-refractivity contribution in [1.29, 1.82) is 0 Å². The molecule has 26 heavy (non-hydrogen) atoms. The fourth-order valence-electron chi connectivity index (χ4n) is 2.86. The van der Waals surface area contributed by atoms with Crippen LogP contribution in [0.25, 0.3) is 0 Å². The first-order valence-corrected chi connectivity index (χ1v) is 8.58. The molecule has 2 aliphatic rings. The summed E-state index contributed by atoms with van der Waals surface area (Å²) < 4.78 is 38.8. The summed E-state index contributed by atoms with van der Waals surface area (Å²) in [7, 11) is 0. The Bertz CT molecular complexity index is 583. The van der Waals surface area contributed by atoms with Crippen LogP contribution in [-0.2, 0) is 38.1 Å². The Kier molecular flexibility index (Phi) is 6.61. The second-order valence-corrected chi connectivity index (χ2v) is 8.11. The lowest BCUT2D eigenvalue weighted by molar-refractivity contribution is -0.215. The molecule has 0 unspecified atom stereocenters. The molecule has 12 heteroatoms. The molecule has 0 aromatic carbocycles. The SMILES string of the molecule is CC(=O)O[C@@H]1[C@H]2O[C@@H](C(Cl)(Cl)Cl)O[C@H]2[C@H](OC(C)=O)[C@H](F)[C@H]1OC(C)=O. The predicted molar refractivity (Wildman–Crippen MR) is 85.4 cm³/mol. The molecule has 0 bridgehead atoms. The van der Waals surface area contributed by atoms with Crippen LogP contribution in [0.2, 0.25) is 0 Å². The number of carbonyl (C=O) groups excluding carboxylic acids is 3. The monoisotopic (exact) mass is 436 g/mol. The number of ether oxygens (including phenoxy) is 5. The van der Waals surface area contributed by atoms with Crippen molar-refractivity contribution < 1.29 is 42.5 Å². The van der Waals surface area contributed by atoms with Gasteiger partial charge in [-0.1, -0.05) is 34.8 Å². The summed E-state index contributed by atoms with van der Waals surface area (Å²) in [5.74, 6) is -2.44. The Hall–Kier alpha value is -0.870. The molecule has 0 aromatic heterocycles. The lowest BCUT2D eigenvalue weighted by atomic mass is 9.85. The first-order valence-electron chi connectivity index (χ1n) is 7.45. The second-order valence-electron chi connectivity index (χ2n) is 5.74. The Morgan fingerprint density at radius 1 is 0.808 bits per heavy atom. The first-order chi connectivity index (χ1) is 11.9. The lowest BCUT2D eigenvalue weighted by Crippen LogP contribution is -2.64. The Balaban J connectivity index is 2.41. The van der Waals surface area contributed by atoms with Gasteiger partial charge in [-0.05, 0) is 0 Å². The molecule has 2 rings (SSSR count). The summed E-state index contributed by atoms with van der Waals surface area (Å²) in [6.45, 7) is 3.18. The number of esters is 3. The van der Waals surface area contributed by atoms with Crippen LogP contribution in [0.4, 0.5) is 4.39 Å². The van der Waals surface area contributed by atoms with Crippen molar-refractivity contribution in [3.63, 3.8) is 0 Å². The Morgan fingerprint density at radius 2 is 1.19 bits per heavy atom. The van der Waals surface area contributed by atoms with Crippen molar-refractivity contribution in [1.82, 2.24) is 0 Å². The van der Waals surface area contributed by atoms with Crippen molar-refractivity contribution in [2.24, 2.45) is 0 Å². The van der Waals surface area contributed by atoms with E-state index >= 15 is 4.39 Å². The predicted octanol–water partition coefficient (Wildman–Crippen LogP) is 1.61. The van der Waals surface area contributed by atoms with Gasteiger partial charge in [0.05, 0.1) is 0 Å². The summed E-state index contributed by atoms with van der Waals surface area (Å²) in [4.78, 5) is 34.1. The van der Waals surface area contributed by atoms with Gasteiger partial charge in [0, 0.05) is 20.8 Å². The van der Waals surface area contributed by atoms with Gasteiger partial charge in [0.2, 0.25) is 10.1 Å². The third kappa shape index (κ3) is 4.69. The maximum atomic E-state index is 15.0. The highest BCUT2D eigenvalue weighted by Crippen LogP contribution is 2.44. The maximum absolute atomic E-state index is 15.0. The van der Waals surface area contributed by atoms with Crippen LogP contribution >= 0.6 is 34.8 Å². The first kappa shape index (κ1) is 21.4. The Labute approximate surface area is 163 Å². The number of carbonyl (C=O) groups is 3. The molecule has 7 atom stereocenters. The fourth-order valence-corrected chi connectivity index (χ4v) is 3.17. The van der Waals surface area contributed by atoms with Crippen molar-refractivity contribution in [3.8, 4) is 0 Å². The standard InChI is InChI=1S/C14H16Cl3FO8/c1-4(19)22-8-7(18)9(23-5(2)20)11-12(10(8)24-6(3)21)26-13(25-11)14(15,16)17/h7-13H,1-3H3/t7-,8-,9-,10+,11+,12-,13+/m1/s1. The summed E-state index contributed by atoms with van der Waals surface area (Å²) in [6.07, 6.45) is -10.6. The van der Waals surface area contributed by atoms with Gasteiger partial charge in [0.15, 0.2) is 24.5 Å². The van der Waals surface area contributed by atoms with Crippen LogP contribution in [0.1, 0.15) is 20.8 Å². The molecule has 8 nitrogen and oxygen atoms in total. The van der Waals surface area contributed by atoms with Crippen LogP contribution in [0.5, 0.6) is 0 Å². The quantitative estimate of drug-likeness (QED) is 0.373. The number of hydrogen-bond donors (Lipinski definition) is 0. The molecule has 1 aliphatic heterocycles. The van der Waals surface area contributed by atoms with Gasteiger partial charge in [-0.3, -0.25) is 14.4 Å². The fraction of sp³-hybridized carbons (Fsp3) is 0.786. The highest BCUT2D eigenvalue weighted by molar-refractivity contribution is 6.67. The molecule has 0 radical (unpaired) electrons. The van der Waals surface area contributed by atoms with Crippen molar-refractivity contribution in [2.45, 2.75) is 67.5 Å². The van der Waals surface area contributed by atoms with Crippen LogP contribution in [0.15, 0.2) is 0 Å². The minimum atomic E-state index is -2.08. The average Bonchev–Trinajstić information content (AvgIpc) is 2.91. The van der Waals surface area contributed by atoms with E-state index in [2.05, 4.69) is 0 Å². The average molecular weight is 438 g/mol. The molecule has 1 saturated heterocycles. The largest absolute Gasteiger partial charge is 0.456 e. The molecule has 2 fully saturated rings. The molecule has 148 valence electrons. The van der Waals surface area contributed by atoms with Gasteiger partial charge in [-0.2, -0.15) is 0 Å². The van der Waals surface area contributed by atoms with E-state index in [1.165, 1.54) is 0 Å². The van der Waals surface area contributed by atoms with E-state index < -0.39 is 64.7 Å². The lowest BCUT2D eigenvalue weighted by Gasteiger charge is -2.42. The van der Waals surface area contributed by atoms with Crippen molar-refractivity contribution in [2.75, 3.05) is 0 Å². The van der Waals surface area contributed by atoms with Crippen LogP contribution in [0, 0.1) is 0 Å². The van der Waals surface area contributed by atoms with E-state index in [0.29, 0.717) is 0 Å². The van der Waals surface area contributed by atoms with Crippen LogP contribution < -0.4 is 0 Å². The second kappa shape index (κ2) is 8.02. The Morgan fingerprint density at radius 3 is 1.62 bits per heavy atom. The maximum Gasteiger partial charge on any atom is 0.303 e. The summed E-state index contributed by atoms with van der Waals surface area (Å²) in [5.41, 5.74) is 0. The van der Waals surface area contributed by atoms with Gasteiger partial charge in [0.1, 0.15) is 12.2 Å². The molecule has 0 aromatic rings. The van der Waals surface area contributed by atoms with Gasteiger partial charge < -0.3 is 23.7 Å². The number of halogens is 4. The van der Waals surface area contributed by atoms with Crippen LogP contribution in [0.3, 0.4) is 0 Å². The molecule has 0 amide bonds. The highest BCUT2D eigenvalue weighted by Gasteiger charge is 2.63. The third-order valence-electron chi connectivity index (χ3n) is 3.66. The van der Waals surface area contributed by atoms with Crippen molar-refractivity contribution in [3.05, 3.63) is 0 Å². The molecule has 1 heterocycles. The zero-order valence-corrected chi connectivity index (χ0v) is 16.1. The summed E-state index contributed by atoms with van der Waals surface area (Å²) in [5, 5.41) is 0. The number of fused-ring (bicyclic) bond motifs is 1. The molecule has 1 aliphatic carbocycles. The normalized spacial score (nSPS) is 36.8. The zero-order chi connectivity index (χ0) is 19.8. The van der Waals surface area contributed by atoms with E-state index in [4.69, 9.17) is 58.5 Å². The van der Waals surface area contributed by atoms with E-state index in [1.54, 1.807) is 0 Å². The van der Waals surface area contributed by atoms with E-state index in [0.717, 1.165) is 20.8 Å². The number of alkyl halides is 4. The number of hydrogen-bond acceptors (Lipinski definition) is 8. The number of rotatable bonds is 3. The zero-order valence-electron chi connectivity index (χ0n) is 13.8. The highest BCUT2D eigenvalue weighted by atomic mass is 35.6. The summed E-state index contributed by atoms with van der Waals surface area (Å²) in [6, 6.07) is 0. The van der Waals surface area contributed by atoms with E-state index in [1.807, 2.05) is 0 Å². The van der Waals surface area contributed by atoms with Gasteiger partial charge >= 0.3 is 17.9 Å². The minimum absolute atomic E-state index is 0.787. The van der Waals surface area contributed by atoms with E-state index in [9.17, 15) is 14.4 Å². The molecule has 0 spiro atoms. The molecular formula is C14H16Cl3FO8. The topological polar surface area (TPSA) is 97.4 Å². The van der Waals surface area contributed by atoms with Crippen LogP contribution in [-0.4, -0.2) is 64.7 Å². The smallest absolute Gasteiger partial charge is 0.303 e. The molecule has 0 N–H and O–H groups in total. The van der Waals surface area contributed by atoms with Gasteiger partial charge in [-0.15, -0.1) is 0 Å². The van der Waals surface area contributed by atoms with Gasteiger partial charge in [-0.25, -0.2) is 4.39 Å². The minimum Gasteiger partial charge on any atom is -0.456 e. The molecule has 1 saturated carbocycles. The van der Waals surface area contributed by atoms with E-state index in [-0.39, 0.29) is 0 Å².